The predicted molar refractivity (Wildman–Crippen MR) is 120 cm³/mol. The quantitative estimate of drug-likeness (QED) is 0.420. The molecule has 0 N–H and O–H groups in total. The highest BCUT2D eigenvalue weighted by Crippen LogP contribution is 2.37. The van der Waals surface area contributed by atoms with Crippen molar-refractivity contribution in [3.05, 3.63) is 120 Å². The molecule has 0 radical (unpaired) electrons. The summed E-state index contributed by atoms with van der Waals surface area (Å²) >= 11 is 0. The van der Waals surface area contributed by atoms with Crippen LogP contribution in [0.1, 0.15) is 26.3 Å². The summed E-state index contributed by atoms with van der Waals surface area (Å²) < 4.78 is 0. The lowest BCUT2D eigenvalue weighted by Gasteiger charge is -2.25. The molecule has 1 aliphatic rings. The molecule has 0 aliphatic carbocycles. The standard InChI is InChI=1S/C26H19N3O2/c30-25-23-14-13-22(16-24(23)26(31)28(25)18-19-8-7-15-27-17-19)29(20-9-3-1-4-10-20)21-11-5-2-6-12-21/h1-17H,18H2. The van der Waals surface area contributed by atoms with Gasteiger partial charge in [0, 0.05) is 29.5 Å². The van der Waals surface area contributed by atoms with Gasteiger partial charge in [0.25, 0.3) is 11.8 Å². The van der Waals surface area contributed by atoms with Gasteiger partial charge in [-0.05, 0) is 54.1 Å². The van der Waals surface area contributed by atoms with E-state index < -0.39 is 0 Å². The topological polar surface area (TPSA) is 53.5 Å². The molecule has 5 nitrogen and oxygen atoms in total. The summed E-state index contributed by atoms with van der Waals surface area (Å²) in [5, 5.41) is 0. The highest BCUT2D eigenvalue weighted by Gasteiger charge is 2.36. The first-order chi connectivity index (χ1) is 15.2. The van der Waals surface area contributed by atoms with E-state index >= 15 is 0 Å². The first-order valence-corrected chi connectivity index (χ1v) is 10.0. The summed E-state index contributed by atoms with van der Waals surface area (Å²) in [4.78, 5) is 33.5. The van der Waals surface area contributed by atoms with Crippen molar-refractivity contribution in [3.8, 4) is 0 Å². The molecule has 0 spiro atoms. The van der Waals surface area contributed by atoms with Gasteiger partial charge in [-0.2, -0.15) is 0 Å². The van der Waals surface area contributed by atoms with Crippen LogP contribution < -0.4 is 4.90 Å². The van der Waals surface area contributed by atoms with Crippen molar-refractivity contribution in [3.63, 3.8) is 0 Å². The van der Waals surface area contributed by atoms with Gasteiger partial charge in [-0.15, -0.1) is 0 Å². The van der Waals surface area contributed by atoms with Crippen molar-refractivity contribution in [1.82, 2.24) is 9.88 Å². The molecule has 0 unspecified atom stereocenters. The van der Waals surface area contributed by atoms with Crippen molar-refractivity contribution in [1.29, 1.82) is 0 Å². The highest BCUT2D eigenvalue weighted by atomic mass is 16.2. The number of pyridine rings is 1. The van der Waals surface area contributed by atoms with Crippen molar-refractivity contribution in [2.75, 3.05) is 4.90 Å². The molecule has 150 valence electrons. The van der Waals surface area contributed by atoms with Crippen molar-refractivity contribution in [2.45, 2.75) is 6.54 Å². The number of carbonyl (C=O) groups excluding carboxylic acids is 2. The smallest absolute Gasteiger partial charge is 0.261 e. The third kappa shape index (κ3) is 3.46. The van der Waals surface area contributed by atoms with Crippen LogP contribution in [0.4, 0.5) is 17.1 Å². The van der Waals surface area contributed by atoms with E-state index in [0.717, 1.165) is 22.6 Å². The summed E-state index contributed by atoms with van der Waals surface area (Å²) in [6.45, 7) is 0.205. The fourth-order valence-electron chi connectivity index (χ4n) is 3.84. The molecule has 5 rings (SSSR count). The molecule has 31 heavy (non-hydrogen) atoms. The second-order valence-corrected chi connectivity index (χ2v) is 7.29. The summed E-state index contributed by atoms with van der Waals surface area (Å²) in [6, 6.07) is 29.0. The van der Waals surface area contributed by atoms with Crippen LogP contribution in [-0.4, -0.2) is 21.7 Å². The molecule has 1 aliphatic heterocycles. The van der Waals surface area contributed by atoms with E-state index in [9.17, 15) is 9.59 Å². The van der Waals surface area contributed by atoms with Gasteiger partial charge >= 0.3 is 0 Å². The van der Waals surface area contributed by atoms with E-state index in [1.165, 1.54) is 4.90 Å². The Hall–Kier alpha value is -4.25. The third-order valence-corrected chi connectivity index (χ3v) is 5.30. The van der Waals surface area contributed by atoms with Gasteiger partial charge in [0.1, 0.15) is 0 Å². The van der Waals surface area contributed by atoms with Crippen LogP contribution in [0.2, 0.25) is 0 Å². The van der Waals surface area contributed by atoms with Gasteiger partial charge in [-0.1, -0.05) is 42.5 Å². The number of carbonyl (C=O) groups is 2. The molecule has 0 saturated carbocycles. The van der Waals surface area contributed by atoms with E-state index in [-0.39, 0.29) is 18.4 Å². The van der Waals surface area contributed by atoms with Crippen LogP contribution in [0.3, 0.4) is 0 Å². The zero-order chi connectivity index (χ0) is 21.2. The van der Waals surface area contributed by atoms with Crippen LogP contribution in [0, 0.1) is 0 Å². The number of nitrogens with zero attached hydrogens (tertiary/aromatic N) is 3. The molecule has 0 saturated heterocycles. The van der Waals surface area contributed by atoms with E-state index in [2.05, 4.69) is 9.88 Å². The Labute approximate surface area is 180 Å². The van der Waals surface area contributed by atoms with Crippen LogP contribution in [-0.2, 0) is 6.54 Å². The maximum absolute atomic E-state index is 13.1. The number of hydrogen-bond donors (Lipinski definition) is 0. The average Bonchev–Trinajstić information content (AvgIpc) is 3.06. The van der Waals surface area contributed by atoms with Gasteiger partial charge < -0.3 is 4.90 Å². The third-order valence-electron chi connectivity index (χ3n) is 5.30. The second-order valence-electron chi connectivity index (χ2n) is 7.29. The molecule has 0 fully saturated rings. The maximum Gasteiger partial charge on any atom is 0.261 e. The minimum atomic E-state index is -0.285. The van der Waals surface area contributed by atoms with Crippen LogP contribution in [0.5, 0.6) is 0 Å². The number of aromatic nitrogens is 1. The molecule has 2 amide bonds. The van der Waals surface area contributed by atoms with E-state index in [1.807, 2.05) is 72.8 Å². The van der Waals surface area contributed by atoms with Gasteiger partial charge in [0.05, 0.1) is 17.7 Å². The Morgan fingerprint density at radius 2 is 1.32 bits per heavy atom. The Kier molecular flexibility index (Phi) is 4.77. The molecule has 4 aromatic rings. The lowest BCUT2D eigenvalue weighted by atomic mass is 10.1. The number of fused-ring (bicyclic) bond motifs is 1. The molecular formula is C26H19N3O2. The number of imide groups is 1. The Morgan fingerprint density at radius 3 is 1.94 bits per heavy atom. The molecule has 0 bridgehead atoms. The van der Waals surface area contributed by atoms with Crippen LogP contribution in [0.25, 0.3) is 0 Å². The molecule has 1 aromatic heterocycles. The van der Waals surface area contributed by atoms with Crippen molar-refractivity contribution < 1.29 is 9.59 Å². The largest absolute Gasteiger partial charge is 0.310 e. The molecule has 3 aromatic carbocycles. The summed E-state index contributed by atoms with van der Waals surface area (Å²) in [7, 11) is 0. The van der Waals surface area contributed by atoms with Crippen molar-refractivity contribution >= 4 is 28.9 Å². The fraction of sp³-hybridized carbons (Fsp3) is 0.0385. The second kappa shape index (κ2) is 7.88. The number of amides is 2. The number of anilines is 3. The summed E-state index contributed by atoms with van der Waals surface area (Å²) in [6.07, 6.45) is 3.33. The Bertz CT molecular complexity index is 1200. The van der Waals surface area contributed by atoms with Crippen LogP contribution in [0.15, 0.2) is 103 Å². The van der Waals surface area contributed by atoms with E-state index in [0.29, 0.717) is 11.1 Å². The Balaban J connectivity index is 1.54. The predicted octanol–water partition coefficient (Wildman–Crippen LogP) is 5.35. The fourth-order valence-corrected chi connectivity index (χ4v) is 3.84. The van der Waals surface area contributed by atoms with Crippen LogP contribution >= 0.6 is 0 Å². The molecular weight excluding hydrogens is 386 g/mol. The summed E-state index contributed by atoms with van der Waals surface area (Å²) in [5.41, 5.74) is 4.42. The van der Waals surface area contributed by atoms with E-state index in [1.54, 1.807) is 30.6 Å². The first-order valence-electron chi connectivity index (χ1n) is 10.0. The maximum atomic E-state index is 13.1. The summed E-state index contributed by atoms with van der Waals surface area (Å²) in [5.74, 6) is -0.562. The molecule has 5 heteroatoms. The van der Waals surface area contributed by atoms with E-state index in [4.69, 9.17) is 0 Å². The monoisotopic (exact) mass is 405 g/mol. The minimum Gasteiger partial charge on any atom is -0.310 e. The Morgan fingerprint density at radius 1 is 0.677 bits per heavy atom. The van der Waals surface area contributed by atoms with Gasteiger partial charge in [0.2, 0.25) is 0 Å². The number of para-hydroxylation sites is 2. The molecule has 2 heterocycles. The number of rotatable bonds is 5. The lowest BCUT2D eigenvalue weighted by molar-refractivity contribution is 0.0642. The first kappa shape index (κ1) is 18.8. The highest BCUT2D eigenvalue weighted by molar-refractivity contribution is 6.21. The zero-order valence-corrected chi connectivity index (χ0v) is 16.7. The zero-order valence-electron chi connectivity index (χ0n) is 16.7. The minimum absolute atomic E-state index is 0.205. The SMILES string of the molecule is O=C1c2ccc(N(c3ccccc3)c3ccccc3)cc2C(=O)N1Cc1cccnc1. The van der Waals surface area contributed by atoms with Gasteiger partial charge in [-0.3, -0.25) is 19.5 Å². The molecule has 0 atom stereocenters. The number of hydrogen-bond acceptors (Lipinski definition) is 4. The van der Waals surface area contributed by atoms with Crippen molar-refractivity contribution in [2.24, 2.45) is 0 Å². The average molecular weight is 405 g/mol. The normalized spacial score (nSPS) is 12.7. The van der Waals surface area contributed by atoms with Gasteiger partial charge in [0.15, 0.2) is 0 Å². The number of benzene rings is 3. The lowest BCUT2D eigenvalue weighted by Crippen LogP contribution is -2.29. The van der Waals surface area contributed by atoms with Gasteiger partial charge in [-0.25, -0.2) is 0 Å².